The molecule has 1 atom stereocenters. The van der Waals surface area contributed by atoms with Crippen molar-refractivity contribution in [3.05, 3.63) is 63.1 Å². The van der Waals surface area contributed by atoms with Gasteiger partial charge in [0.25, 0.3) is 5.91 Å². The number of anilines is 1. The van der Waals surface area contributed by atoms with Gasteiger partial charge in [-0.05, 0) is 52.7 Å². The summed E-state index contributed by atoms with van der Waals surface area (Å²) in [4.78, 5) is 12.5. The number of hydrogen-bond donors (Lipinski definition) is 1. The average molecular weight is 418 g/mol. The van der Waals surface area contributed by atoms with Gasteiger partial charge in [-0.1, -0.05) is 45.7 Å². The molecule has 0 aliphatic heterocycles. The standard InChI is InChI=1S/C15H12Br2ClNO/c1-9(16)11-4-2-3-5-14(11)19-15(20)12-7-6-10(18)8-13(12)17/h2-9H,1H3,(H,19,20). The van der Waals surface area contributed by atoms with Crippen molar-refractivity contribution in [2.24, 2.45) is 0 Å². The molecule has 104 valence electrons. The molecule has 0 saturated carbocycles. The van der Waals surface area contributed by atoms with Crippen LogP contribution in [-0.4, -0.2) is 5.91 Å². The lowest BCUT2D eigenvalue weighted by molar-refractivity contribution is 0.102. The minimum absolute atomic E-state index is 0.160. The molecule has 0 bridgehead atoms. The van der Waals surface area contributed by atoms with Crippen LogP contribution in [0, 0.1) is 0 Å². The lowest BCUT2D eigenvalue weighted by Gasteiger charge is -2.13. The van der Waals surface area contributed by atoms with Crippen LogP contribution < -0.4 is 5.32 Å². The van der Waals surface area contributed by atoms with Crippen LogP contribution in [0.1, 0.15) is 27.7 Å². The first-order chi connectivity index (χ1) is 9.49. The molecule has 1 amide bonds. The maximum absolute atomic E-state index is 12.3. The lowest BCUT2D eigenvalue weighted by Crippen LogP contribution is -2.14. The number of amides is 1. The van der Waals surface area contributed by atoms with Crippen LogP contribution in [0.4, 0.5) is 5.69 Å². The third-order valence-corrected chi connectivity index (χ3v) is 4.20. The Kier molecular flexibility index (Phi) is 5.24. The van der Waals surface area contributed by atoms with Crippen LogP contribution in [0.25, 0.3) is 0 Å². The van der Waals surface area contributed by atoms with E-state index in [0.29, 0.717) is 15.1 Å². The molecule has 2 rings (SSSR count). The van der Waals surface area contributed by atoms with E-state index >= 15 is 0 Å². The van der Waals surface area contributed by atoms with Crippen LogP contribution in [0.2, 0.25) is 5.02 Å². The highest BCUT2D eigenvalue weighted by atomic mass is 79.9. The molecule has 2 aromatic rings. The zero-order valence-electron chi connectivity index (χ0n) is 10.7. The summed E-state index contributed by atoms with van der Waals surface area (Å²) in [6.45, 7) is 2.02. The molecule has 1 unspecified atom stereocenters. The average Bonchev–Trinajstić information content (AvgIpc) is 2.38. The van der Waals surface area contributed by atoms with E-state index in [1.807, 2.05) is 31.2 Å². The predicted molar refractivity (Wildman–Crippen MR) is 90.9 cm³/mol. The normalized spacial score (nSPS) is 12.0. The summed E-state index contributed by atoms with van der Waals surface area (Å²) in [5.74, 6) is -0.172. The van der Waals surface area contributed by atoms with Crippen molar-refractivity contribution in [2.45, 2.75) is 11.8 Å². The van der Waals surface area contributed by atoms with E-state index in [2.05, 4.69) is 37.2 Å². The number of carbonyl (C=O) groups excluding carboxylic acids is 1. The Labute approximate surface area is 139 Å². The van der Waals surface area contributed by atoms with E-state index in [-0.39, 0.29) is 10.7 Å². The lowest BCUT2D eigenvalue weighted by atomic mass is 10.1. The monoisotopic (exact) mass is 415 g/mol. The SMILES string of the molecule is CC(Br)c1ccccc1NC(=O)c1ccc(Cl)cc1Br. The van der Waals surface area contributed by atoms with Crippen LogP contribution >= 0.6 is 43.5 Å². The van der Waals surface area contributed by atoms with Gasteiger partial charge in [-0.25, -0.2) is 0 Å². The van der Waals surface area contributed by atoms with Gasteiger partial charge in [0.05, 0.1) is 5.56 Å². The van der Waals surface area contributed by atoms with E-state index in [4.69, 9.17) is 11.6 Å². The largest absolute Gasteiger partial charge is 0.322 e. The van der Waals surface area contributed by atoms with E-state index in [9.17, 15) is 4.79 Å². The van der Waals surface area contributed by atoms with Crippen LogP contribution in [0.15, 0.2) is 46.9 Å². The summed E-state index contributed by atoms with van der Waals surface area (Å²) in [5, 5.41) is 3.51. The molecule has 5 heteroatoms. The van der Waals surface area contributed by atoms with Crippen LogP contribution in [0.5, 0.6) is 0 Å². The van der Waals surface area contributed by atoms with Crippen molar-refractivity contribution >= 4 is 55.1 Å². The fourth-order valence-corrected chi connectivity index (χ4v) is 3.08. The molecule has 1 N–H and O–H groups in total. The first-order valence-corrected chi connectivity index (χ1v) is 8.07. The maximum atomic E-state index is 12.3. The van der Waals surface area contributed by atoms with Crippen molar-refractivity contribution in [1.29, 1.82) is 0 Å². The molecule has 0 saturated heterocycles. The van der Waals surface area contributed by atoms with Gasteiger partial charge in [-0.3, -0.25) is 4.79 Å². The Morgan fingerprint density at radius 1 is 1.25 bits per heavy atom. The van der Waals surface area contributed by atoms with Crippen molar-refractivity contribution in [1.82, 2.24) is 0 Å². The quantitative estimate of drug-likeness (QED) is 0.627. The Morgan fingerprint density at radius 3 is 2.60 bits per heavy atom. The topological polar surface area (TPSA) is 29.1 Å². The number of para-hydroxylation sites is 1. The molecule has 0 fully saturated rings. The summed E-state index contributed by atoms with van der Waals surface area (Å²) in [6.07, 6.45) is 0. The molecule has 0 aromatic heterocycles. The zero-order chi connectivity index (χ0) is 14.7. The molecule has 0 heterocycles. The highest BCUT2D eigenvalue weighted by Crippen LogP contribution is 2.29. The van der Waals surface area contributed by atoms with Gasteiger partial charge in [-0.2, -0.15) is 0 Å². The Balaban J connectivity index is 2.28. The summed E-state index contributed by atoms with van der Waals surface area (Å²) >= 11 is 12.8. The molecule has 0 aliphatic rings. The smallest absolute Gasteiger partial charge is 0.256 e. The van der Waals surface area contributed by atoms with E-state index in [1.165, 1.54) is 0 Å². The van der Waals surface area contributed by atoms with Gasteiger partial charge < -0.3 is 5.32 Å². The predicted octanol–water partition coefficient (Wildman–Crippen LogP) is 5.81. The molecule has 0 aliphatic carbocycles. The fraction of sp³-hybridized carbons (Fsp3) is 0.133. The Bertz CT molecular complexity index is 644. The minimum atomic E-state index is -0.172. The number of nitrogens with one attached hydrogen (secondary N) is 1. The number of alkyl halides is 1. The summed E-state index contributed by atoms with van der Waals surface area (Å²) in [6, 6.07) is 12.8. The molecule has 2 nitrogen and oxygen atoms in total. The molecule has 0 radical (unpaired) electrons. The summed E-state index contributed by atoms with van der Waals surface area (Å²) in [5.41, 5.74) is 2.38. The van der Waals surface area contributed by atoms with E-state index in [0.717, 1.165) is 11.3 Å². The number of hydrogen-bond acceptors (Lipinski definition) is 1. The minimum Gasteiger partial charge on any atom is -0.322 e. The third-order valence-electron chi connectivity index (χ3n) is 2.81. The second kappa shape index (κ2) is 6.74. The summed E-state index contributed by atoms with van der Waals surface area (Å²) < 4.78 is 0.673. The first kappa shape index (κ1) is 15.5. The third kappa shape index (κ3) is 3.62. The highest BCUT2D eigenvalue weighted by Gasteiger charge is 2.13. The van der Waals surface area contributed by atoms with E-state index in [1.54, 1.807) is 18.2 Å². The zero-order valence-corrected chi connectivity index (χ0v) is 14.6. The Hall–Kier alpha value is -0.840. The van der Waals surface area contributed by atoms with E-state index < -0.39 is 0 Å². The fourth-order valence-electron chi connectivity index (χ4n) is 1.82. The number of benzene rings is 2. The van der Waals surface area contributed by atoms with Crippen molar-refractivity contribution in [3.63, 3.8) is 0 Å². The van der Waals surface area contributed by atoms with Crippen LogP contribution in [0.3, 0.4) is 0 Å². The van der Waals surface area contributed by atoms with Crippen molar-refractivity contribution in [3.8, 4) is 0 Å². The van der Waals surface area contributed by atoms with Gasteiger partial charge in [-0.15, -0.1) is 0 Å². The second-order valence-electron chi connectivity index (χ2n) is 4.28. The molecular formula is C15H12Br2ClNO. The van der Waals surface area contributed by atoms with Crippen LogP contribution in [-0.2, 0) is 0 Å². The first-order valence-electron chi connectivity index (χ1n) is 5.98. The van der Waals surface area contributed by atoms with Gasteiger partial charge in [0.15, 0.2) is 0 Å². The van der Waals surface area contributed by atoms with Gasteiger partial charge >= 0.3 is 0 Å². The highest BCUT2D eigenvalue weighted by molar-refractivity contribution is 9.10. The number of halogens is 3. The maximum Gasteiger partial charge on any atom is 0.256 e. The van der Waals surface area contributed by atoms with Gasteiger partial charge in [0.1, 0.15) is 0 Å². The van der Waals surface area contributed by atoms with Gasteiger partial charge in [0.2, 0.25) is 0 Å². The van der Waals surface area contributed by atoms with Crippen molar-refractivity contribution in [2.75, 3.05) is 5.32 Å². The molecule has 2 aromatic carbocycles. The number of rotatable bonds is 3. The molecule has 20 heavy (non-hydrogen) atoms. The molecular weight excluding hydrogens is 405 g/mol. The van der Waals surface area contributed by atoms with Gasteiger partial charge in [0, 0.05) is 20.0 Å². The summed E-state index contributed by atoms with van der Waals surface area (Å²) in [7, 11) is 0. The molecule has 0 spiro atoms. The number of carbonyl (C=O) groups is 1. The second-order valence-corrected chi connectivity index (χ2v) is 6.95. The van der Waals surface area contributed by atoms with Crippen molar-refractivity contribution < 1.29 is 4.79 Å². The Morgan fingerprint density at radius 2 is 1.95 bits per heavy atom.